The van der Waals surface area contributed by atoms with E-state index in [4.69, 9.17) is 16.0 Å². The van der Waals surface area contributed by atoms with E-state index in [-0.39, 0.29) is 10.9 Å². The molecule has 1 N–H and O–H groups in total. The lowest BCUT2D eigenvalue weighted by molar-refractivity contribution is -0.0882. The van der Waals surface area contributed by atoms with Gasteiger partial charge in [-0.15, -0.1) is 11.3 Å². The first-order valence-corrected chi connectivity index (χ1v) is 7.52. The first-order chi connectivity index (χ1) is 11.2. The van der Waals surface area contributed by atoms with Crippen LogP contribution in [-0.2, 0) is 0 Å². The number of benzene rings is 1. The summed E-state index contributed by atoms with van der Waals surface area (Å²) in [7, 11) is 0. The molecule has 2 heterocycles. The summed E-state index contributed by atoms with van der Waals surface area (Å²) in [4.78, 5) is 26.5. The van der Waals surface area contributed by atoms with Crippen molar-refractivity contribution in [3.8, 4) is 0 Å². The first kappa shape index (κ1) is 16.5. The predicted octanol–water partition coefficient (Wildman–Crippen LogP) is 4.54. The molecule has 0 aliphatic carbocycles. The maximum Gasteiger partial charge on any atom is 0.455 e. The number of carbonyl (C=O) groups excluding carboxylic acids is 2. The van der Waals surface area contributed by atoms with Crippen LogP contribution in [-0.4, -0.2) is 22.9 Å². The van der Waals surface area contributed by atoms with Crippen molar-refractivity contribution in [2.75, 3.05) is 5.32 Å². The van der Waals surface area contributed by atoms with Crippen molar-refractivity contribution in [1.82, 2.24) is 4.98 Å². The van der Waals surface area contributed by atoms with Crippen LogP contribution in [0.15, 0.2) is 34.7 Å². The summed E-state index contributed by atoms with van der Waals surface area (Å²) in [6.07, 6.45) is -4.99. The Morgan fingerprint density at radius 3 is 2.58 bits per heavy atom. The molecule has 0 fully saturated rings. The second-order valence-corrected chi connectivity index (χ2v) is 6.10. The standard InChI is InChI=1S/C14H6ClF3N2O3S/c15-6-1-2-8-7(5-6)19-13(23-8)20-12(22)10-4-3-9(24-10)11(21)14(16,17)18/h1-5H,(H,19,20,22). The molecule has 0 atom stereocenters. The SMILES string of the molecule is O=C(Nc1nc2cc(Cl)ccc2o1)c1ccc(C(=O)C(F)(F)F)s1. The average molecular weight is 375 g/mol. The van der Waals surface area contributed by atoms with Gasteiger partial charge in [-0.3, -0.25) is 14.9 Å². The number of hydrogen-bond donors (Lipinski definition) is 1. The fourth-order valence-corrected chi connectivity index (χ4v) is 2.86. The number of hydrogen-bond acceptors (Lipinski definition) is 5. The van der Waals surface area contributed by atoms with E-state index in [1.807, 2.05) is 0 Å². The van der Waals surface area contributed by atoms with Gasteiger partial charge in [0.05, 0.1) is 9.75 Å². The minimum Gasteiger partial charge on any atom is -0.423 e. The maximum atomic E-state index is 12.4. The average Bonchev–Trinajstić information content (AvgIpc) is 3.11. The van der Waals surface area contributed by atoms with Crippen molar-refractivity contribution in [2.24, 2.45) is 0 Å². The molecule has 0 spiro atoms. The molecule has 10 heteroatoms. The summed E-state index contributed by atoms with van der Waals surface area (Å²) < 4.78 is 42.4. The summed E-state index contributed by atoms with van der Waals surface area (Å²) in [5, 5.41) is 2.75. The Morgan fingerprint density at radius 1 is 1.17 bits per heavy atom. The molecular weight excluding hydrogens is 369 g/mol. The van der Waals surface area contributed by atoms with E-state index in [1.54, 1.807) is 12.1 Å². The Hall–Kier alpha value is -2.39. The smallest absolute Gasteiger partial charge is 0.423 e. The van der Waals surface area contributed by atoms with Crippen LogP contribution in [0.1, 0.15) is 19.3 Å². The van der Waals surface area contributed by atoms with E-state index in [2.05, 4.69) is 10.3 Å². The molecule has 2 aromatic heterocycles. The van der Waals surface area contributed by atoms with Gasteiger partial charge >= 0.3 is 12.2 Å². The van der Waals surface area contributed by atoms with Crippen LogP contribution in [0.5, 0.6) is 0 Å². The number of fused-ring (bicyclic) bond motifs is 1. The lowest BCUT2D eigenvalue weighted by Crippen LogP contribution is -2.21. The Morgan fingerprint density at radius 2 is 1.88 bits per heavy atom. The van der Waals surface area contributed by atoms with Gasteiger partial charge in [0.1, 0.15) is 5.52 Å². The molecule has 3 aromatic rings. The molecule has 1 aromatic carbocycles. The van der Waals surface area contributed by atoms with Crippen LogP contribution in [0.3, 0.4) is 0 Å². The Kier molecular flexibility index (Phi) is 4.06. The second kappa shape index (κ2) is 5.91. The predicted molar refractivity (Wildman–Crippen MR) is 81.7 cm³/mol. The number of rotatable bonds is 3. The van der Waals surface area contributed by atoms with Gasteiger partial charge in [0.15, 0.2) is 5.58 Å². The van der Waals surface area contributed by atoms with E-state index < -0.39 is 22.7 Å². The highest BCUT2D eigenvalue weighted by Crippen LogP contribution is 2.27. The van der Waals surface area contributed by atoms with Crippen molar-refractivity contribution in [2.45, 2.75) is 6.18 Å². The summed E-state index contributed by atoms with van der Waals surface area (Å²) >= 11 is 6.24. The number of nitrogens with zero attached hydrogens (tertiary/aromatic N) is 1. The molecule has 0 radical (unpaired) electrons. The van der Waals surface area contributed by atoms with E-state index in [9.17, 15) is 22.8 Å². The van der Waals surface area contributed by atoms with E-state index in [0.717, 1.165) is 12.1 Å². The number of amides is 1. The Balaban J connectivity index is 1.79. The highest BCUT2D eigenvalue weighted by atomic mass is 35.5. The molecule has 1 amide bonds. The zero-order valence-corrected chi connectivity index (χ0v) is 13.1. The maximum absolute atomic E-state index is 12.4. The Labute approximate surface area is 141 Å². The number of halogens is 4. The van der Waals surface area contributed by atoms with Crippen molar-refractivity contribution in [3.05, 3.63) is 45.1 Å². The van der Waals surface area contributed by atoms with Crippen molar-refractivity contribution in [3.63, 3.8) is 0 Å². The van der Waals surface area contributed by atoms with Gasteiger partial charge in [-0.05, 0) is 30.3 Å². The molecule has 0 aliphatic rings. The largest absolute Gasteiger partial charge is 0.455 e. The number of anilines is 1. The number of ketones is 1. The third-order valence-electron chi connectivity index (χ3n) is 2.88. The summed E-state index contributed by atoms with van der Waals surface area (Å²) in [6.45, 7) is 0. The van der Waals surface area contributed by atoms with Crippen LogP contribution in [0.2, 0.25) is 5.02 Å². The number of aromatic nitrogens is 1. The van der Waals surface area contributed by atoms with E-state index in [1.165, 1.54) is 6.07 Å². The normalized spacial score (nSPS) is 11.7. The molecule has 0 aliphatic heterocycles. The Bertz CT molecular complexity index is 948. The third kappa shape index (κ3) is 3.26. The van der Waals surface area contributed by atoms with Crippen molar-refractivity contribution >= 4 is 51.7 Å². The number of carbonyl (C=O) groups is 2. The molecule has 0 saturated heterocycles. The van der Waals surface area contributed by atoms with Gasteiger partial charge in [-0.2, -0.15) is 18.2 Å². The fraction of sp³-hybridized carbons (Fsp3) is 0.0714. The highest BCUT2D eigenvalue weighted by Gasteiger charge is 2.40. The number of alkyl halides is 3. The lowest BCUT2D eigenvalue weighted by Gasteiger charge is -2.01. The third-order valence-corrected chi connectivity index (χ3v) is 4.20. The van der Waals surface area contributed by atoms with Gasteiger partial charge in [-0.1, -0.05) is 11.6 Å². The monoisotopic (exact) mass is 374 g/mol. The fourth-order valence-electron chi connectivity index (χ4n) is 1.83. The van der Waals surface area contributed by atoms with Gasteiger partial charge < -0.3 is 4.42 Å². The lowest BCUT2D eigenvalue weighted by atomic mass is 10.3. The van der Waals surface area contributed by atoms with Crippen LogP contribution in [0.25, 0.3) is 11.1 Å². The van der Waals surface area contributed by atoms with Gasteiger partial charge in [0.2, 0.25) is 0 Å². The molecule has 0 saturated carbocycles. The number of nitrogens with one attached hydrogen (secondary N) is 1. The van der Waals surface area contributed by atoms with Crippen LogP contribution in [0, 0.1) is 0 Å². The molecule has 3 rings (SSSR count). The van der Waals surface area contributed by atoms with Crippen LogP contribution >= 0.6 is 22.9 Å². The number of oxazole rings is 1. The zero-order valence-electron chi connectivity index (χ0n) is 11.5. The summed E-state index contributed by atoms with van der Waals surface area (Å²) in [5.74, 6) is -2.73. The van der Waals surface area contributed by atoms with E-state index in [0.29, 0.717) is 27.5 Å². The van der Waals surface area contributed by atoms with Gasteiger partial charge in [0.25, 0.3) is 11.7 Å². The van der Waals surface area contributed by atoms with Crippen molar-refractivity contribution in [1.29, 1.82) is 0 Å². The summed E-state index contributed by atoms with van der Waals surface area (Å²) in [5.41, 5.74) is 0.797. The van der Waals surface area contributed by atoms with E-state index >= 15 is 0 Å². The summed E-state index contributed by atoms with van der Waals surface area (Å²) in [6, 6.07) is 6.61. The molecule has 0 unspecified atom stereocenters. The van der Waals surface area contributed by atoms with Gasteiger partial charge in [-0.25, -0.2) is 0 Å². The quantitative estimate of drug-likeness (QED) is 0.683. The van der Waals surface area contributed by atoms with Gasteiger partial charge in [0, 0.05) is 5.02 Å². The minimum atomic E-state index is -4.99. The molecule has 24 heavy (non-hydrogen) atoms. The number of thiophene rings is 1. The molecular formula is C14H6ClF3N2O3S. The number of Topliss-reactive ketones (excluding diaryl/α,β-unsaturated/α-hetero) is 1. The molecule has 124 valence electrons. The first-order valence-electron chi connectivity index (χ1n) is 6.33. The van der Waals surface area contributed by atoms with Crippen molar-refractivity contribution < 1.29 is 27.2 Å². The zero-order chi connectivity index (χ0) is 17.5. The highest BCUT2D eigenvalue weighted by molar-refractivity contribution is 7.16. The van der Waals surface area contributed by atoms with Crippen LogP contribution in [0.4, 0.5) is 19.2 Å². The molecule has 0 bridgehead atoms. The second-order valence-electron chi connectivity index (χ2n) is 4.58. The topological polar surface area (TPSA) is 72.2 Å². The van der Waals surface area contributed by atoms with Crippen LogP contribution < -0.4 is 5.32 Å². The molecule has 5 nitrogen and oxygen atoms in total. The minimum absolute atomic E-state index is 0.0807.